The Kier molecular flexibility index (Phi) is 5.88. The van der Waals surface area contributed by atoms with E-state index in [9.17, 15) is 0 Å². The monoisotopic (exact) mass is 427 g/mol. The normalized spacial score (nSPS) is 21.5. The number of pyridine rings is 1. The molecule has 4 heterocycles. The first-order chi connectivity index (χ1) is 15.3. The zero-order valence-corrected chi connectivity index (χ0v) is 17.8. The molecule has 10 nitrogen and oxygen atoms in total. The highest BCUT2D eigenvalue weighted by atomic mass is 16.5. The van der Waals surface area contributed by atoms with E-state index in [1.165, 1.54) is 19.3 Å². The van der Waals surface area contributed by atoms with Crippen LogP contribution < -0.4 is 9.64 Å². The summed E-state index contributed by atoms with van der Waals surface area (Å²) in [6.45, 7) is 3.31. The fraction of sp³-hybridized carbons (Fsp3) is 0.619. The molecule has 1 saturated heterocycles. The second-order valence-electron chi connectivity index (χ2n) is 8.43. The summed E-state index contributed by atoms with van der Waals surface area (Å²) in [7, 11) is 1.68. The minimum absolute atomic E-state index is 0.612. The van der Waals surface area contributed by atoms with Crippen molar-refractivity contribution in [3.8, 4) is 11.6 Å². The maximum Gasteiger partial charge on any atom is 0.324 e. The SMILES string of the molecule is COCCc1noc(N2CCC(C3CC3CCOc3ccc(-n4cn[nH]4)cn3)CC2)n1. The van der Waals surface area contributed by atoms with Crippen molar-refractivity contribution in [3.05, 3.63) is 30.5 Å². The summed E-state index contributed by atoms with van der Waals surface area (Å²) in [5, 5.41) is 10.7. The molecule has 3 aromatic rings. The van der Waals surface area contributed by atoms with Crippen LogP contribution in [0.1, 0.15) is 31.5 Å². The van der Waals surface area contributed by atoms with Gasteiger partial charge in [0.05, 0.1) is 25.1 Å². The van der Waals surface area contributed by atoms with E-state index in [0.29, 0.717) is 24.9 Å². The minimum atomic E-state index is 0.612. The number of anilines is 1. The van der Waals surface area contributed by atoms with E-state index in [1.807, 2.05) is 12.1 Å². The summed E-state index contributed by atoms with van der Waals surface area (Å²) < 4.78 is 18.2. The van der Waals surface area contributed by atoms with Gasteiger partial charge in [-0.1, -0.05) is 5.16 Å². The van der Waals surface area contributed by atoms with E-state index >= 15 is 0 Å². The van der Waals surface area contributed by atoms with Gasteiger partial charge < -0.3 is 18.9 Å². The molecule has 0 aromatic carbocycles. The summed E-state index contributed by atoms with van der Waals surface area (Å²) in [5.74, 6) is 3.80. The number of piperidine rings is 1. The lowest BCUT2D eigenvalue weighted by molar-refractivity contribution is 0.199. The van der Waals surface area contributed by atoms with Crippen molar-refractivity contribution in [1.29, 1.82) is 0 Å². The highest BCUT2D eigenvalue weighted by Gasteiger charge is 2.43. The van der Waals surface area contributed by atoms with Crippen LogP contribution in [-0.4, -0.2) is 63.5 Å². The van der Waals surface area contributed by atoms with Gasteiger partial charge in [0.2, 0.25) is 5.88 Å². The number of aromatic amines is 1. The highest BCUT2D eigenvalue weighted by molar-refractivity contribution is 5.29. The smallest absolute Gasteiger partial charge is 0.324 e. The number of aromatic nitrogens is 6. The quantitative estimate of drug-likeness (QED) is 0.526. The Morgan fingerprint density at radius 1 is 1.23 bits per heavy atom. The zero-order valence-electron chi connectivity index (χ0n) is 17.8. The molecule has 31 heavy (non-hydrogen) atoms. The fourth-order valence-corrected chi connectivity index (χ4v) is 4.52. The molecule has 0 bridgehead atoms. The average Bonchev–Trinajstić information content (AvgIpc) is 3.38. The third-order valence-electron chi connectivity index (χ3n) is 6.46. The molecule has 2 atom stereocenters. The standard InChI is InChI=1S/C21H29N7O3/c1-29-10-7-19-24-21(31-25-19)27-8-4-15(5-9-27)18-12-16(18)6-11-30-20-3-2-17(13-22-20)28-14-23-26-28/h2-3,13-16,18,26H,4-12H2,1H3. The summed E-state index contributed by atoms with van der Waals surface area (Å²) >= 11 is 0. The lowest BCUT2D eigenvalue weighted by Gasteiger charge is -2.30. The lowest BCUT2D eigenvalue weighted by Crippen LogP contribution is -2.34. The molecule has 0 amide bonds. The molecule has 0 spiro atoms. The van der Waals surface area contributed by atoms with Gasteiger partial charge in [0, 0.05) is 32.7 Å². The average molecular weight is 428 g/mol. The van der Waals surface area contributed by atoms with Crippen LogP contribution in [0, 0.1) is 17.8 Å². The van der Waals surface area contributed by atoms with Crippen LogP contribution in [0.3, 0.4) is 0 Å². The largest absolute Gasteiger partial charge is 0.478 e. The molecule has 1 aliphatic carbocycles. The molecule has 166 valence electrons. The van der Waals surface area contributed by atoms with E-state index in [0.717, 1.165) is 55.4 Å². The van der Waals surface area contributed by atoms with Crippen molar-refractivity contribution in [3.63, 3.8) is 0 Å². The Hall–Kier alpha value is -2.88. The van der Waals surface area contributed by atoms with Gasteiger partial charge in [0.25, 0.3) is 0 Å². The lowest BCUT2D eigenvalue weighted by atomic mass is 9.91. The summed E-state index contributed by atoms with van der Waals surface area (Å²) in [6.07, 6.45) is 8.97. The number of hydrogen-bond donors (Lipinski definition) is 1. The van der Waals surface area contributed by atoms with Gasteiger partial charge in [0.1, 0.15) is 6.33 Å². The molecular formula is C21H29N7O3. The van der Waals surface area contributed by atoms with E-state index in [1.54, 1.807) is 24.3 Å². The van der Waals surface area contributed by atoms with Crippen LogP contribution in [0.2, 0.25) is 0 Å². The Morgan fingerprint density at radius 3 is 2.81 bits per heavy atom. The third-order valence-corrected chi connectivity index (χ3v) is 6.46. The number of rotatable bonds is 10. The van der Waals surface area contributed by atoms with Crippen LogP contribution in [-0.2, 0) is 11.2 Å². The zero-order chi connectivity index (χ0) is 21.0. The van der Waals surface area contributed by atoms with Crippen LogP contribution in [0.4, 0.5) is 6.01 Å². The van der Waals surface area contributed by atoms with Crippen molar-refractivity contribution < 1.29 is 14.0 Å². The van der Waals surface area contributed by atoms with E-state index in [2.05, 4.69) is 30.3 Å². The topological polar surface area (TPSA) is 107 Å². The second-order valence-corrected chi connectivity index (χ2v) is 8.43. The molecule has 2 aliphatic rings. The van der Waals surface area contributed by atoms with Crippen molar-refractivity contribution in [2.24, 2.45) is 17.8 Å². The maximum absolute atomic E-state index is 5.86. The molecule has 3 aromatic heterocycles. The Morgan fingerprint density at radius 2 is 2.10 bits per heavy atom. The van der Waals surface area contributed by atoms with Crippen molar-refractivity contribution in [1.82, 2.24) is 30.1 Å². The Balaban J connectivity index is 1.01. The molecular weight excluding hydrogens is 398 g/mol. The van der Waals surface area contributed by atoms with Gasteiger partial charge in [-0.3, -0.25) is 0 Å². The third kappa shape index (κ3) is 4.73. The first-order valence-corrected chi connectivity index (χ1v) is 11.0. The first-order valence-electron chi connectivity index (χ1n) is 11.0. The summed E-state index contributed by atoms with van der Waals surface area (Å²) in [6, 6.07) is 4.53. The summed E-state index contributed by atoms with van der Waals surface area (Å²) in [4.78, 5) is 11.1. The number of nitrogens with zero attached hydrogens (tertiary/aromatic N) is 6. The number of H-pyrrole nitrogens is 1. The fourth-order valence-electron chi connectivity index (χ4n) is 4.52. The number of methoxy groups -OCH3 is 1. The van der Waals surface area contributed by atoms with Gasteiger partial charge in [-0.05, 0) is 49.5 Å². The van der Waals surface area contributed by atoms with Crippen molar-refractivity contribution in [2.45, 2.75) is 32.1 Å². The molecule has 2 fully saturated rings. The van der Waals surface area contributed by atoms with E-state index < -0.39 is 0 Å². The minimum Gasteiger partial charge on any atom is -0.478 e. The Bertz CT molecular complexity index is 933. The van der Waals surface area contributed by atoms with E-state index in [4.69, 9.17) is 14.0 Å². The molecule has 5 rings (SSSR count). The van der Waals surface area contributed by atoms with Crippen LogP contribution in [0.5, 0.6) is 5.88 Å². The summed E-state index contributed by atoms with van der Waals surface area (Å²) in [5.41, 5.74) is 0.947. The molecule has 1 aliphatic heterocycles. The first kappa shape index (κ1) is 20.0. The van der Waals surface area contributed by atoms with Gasteiger partial charge in [-0.2, -0.15) is 4.98 Å². The maximum atomic E-state index is 5.86. The predicted octanol–water partition coefficient (Wildman–Crippen LogP) is 2.49. The number of nitrogens with one attached hydrogen (secondary N) is 1. The molecule has 1 saturated carbocycles. The highest BCUT2D eigenvalue weighted by Crippen LogP contribution is 2.49. The molecule has 10 heteroatoms. The van der Waals surface area contributed by atoms with E-state index in [-0.39, 0.29) is 0 Å². The van der Waals surface area contributed by atoms with Crippen LogP contribution >= 0.6 is 0 Å². The number of hydrogen-bond acceptors (Lipinski definition) is 8. The van der Waals surface area contributed by atoms with Gasteiger partial charge in [-0.25, -0.2) is 14.9 Å². The van der Waals surface area contributed by atoms with Crippen molar-refractivity contribution >= 4 is 6.01 Å². The predicted molar refractivity (Wildman–Crippen MR) is 112 cm³/mol. The second kappa shape index (κ2) is 9.09. The van der Waals surface area contributed by atoms with Gasteiger partial charge in [0.15, 0.2) is 5.82 Å². The van der Waals surface area contributed by atoms with Gasteiger partial charge >= 0.3 is 6.01 Å². The van der Waals surface area contributed by atoms with Crippen molar-refractivity contribution in [2.75, 3.05) is 38.3 Å². The Labute approximate surface area is 180 Å². The number of ether oxygens (including phenoxy) is 2. The van der Waals surface area contributed by atoms with Crippen LogP contribution in [0.15, 0.2) is 29.2 Å². The molecule has 0 radical (unpaired) electrons. The van der Waals surface area contributed by atoms with Gasteiger partial charge in [-0.15, -0.1) is 5.10 Å². The molecule has 2 unspecified atom stereocenters. The molecule has 1 N–H and O–H groups in total. The van der Waals surface area contributed by atoms with Crippen LogP contribution in [0.25, 0.3) is 5.69 Å².